The second-order valence-electron chi connectivity index (χ2n) is 2.61. The zero-order chi connectivity index (χ0) is 9.84. The van der Waals surface area contributed by atoms with Crippen molar-refractivity contribution in [3.05, 3.63) is 39.3 Å². The van der Waals surface area contributed by atoms with Gasteiger partial charge in [-0.1, -0.05) is 33.6 Å². The van der Waals surface area contributed by atoms with Crippen LogP contribution in [-0.4, -0.2) is 5.78 Å². The molecule has 0 spiro atoms. The van der Waals surface area contributed by atoms with E-state index in [0.717, 1.165) is 10.0 Å². The van der Waals surface area contributed by atoms with Crippen molar-refractivity contribution >= 4 is 39.4 Å². The van der Waals surface area contributed by atoms with Crippen LogP contribution in [0.25, 0.3) is 6.08 Å². The number of allylic oxidation sites excluding steroid dienone is 1. The molecule has 1 aromatic rings. The fourth-order valence-corrected chi connectivity index (χ4v) is 1.58. The highest BCUT2D eigenvalue weighted by Crippen LogP contribution is 2.22. The van der Waals surface area contributed by atoms with Crippen molar-refractivity contribution in [2.24, 2.45) is 0 Å². The minimum atomic E-state index is 0.0129. The molecule has 68 valence electrons. The first-order valence-electron chi connectivity index (χ1n) is 3.73. The predicted octanol–water partition coefficient (Wildman–Crippen LogP) is 3.70. The largest absolute Gasteiger partial charge is 0.295 e. The summed E-state index contributed by atoms with van der Waals surface area (Å²) >= 11 is 9.22. The number of hydrogen-bond donors (Lipinski definition) is 0. The van der Waals surface area contributed by atoms with Crippen molar-refractivity contribution in [3.8, 4) is 0 Å². The van der Waals surface area contributed by atoms with Gasteiger partial charge in [0.2, 0.25) is 0 Å². The van der Waals surface area contributed by atoms with Gasteiger partial charge in [0.15, 0.2) is 5.78 Å². The Bertz CT molecular complexity index is 358. The molecule has 1 nitrogen and oxygen atoms in total. The van der Waals surface area contributed by atoms with E-state index >= 15 is 0 Å². The van der Waals surface area contributed by atoms with Gasteiger partial charge >= 0.3 is 0 Å². The topological polar surface area (TPSA) is 17.1 Å². The van der Waals surface area contributed by atoms with Crippen molar-refractivity contribution in [2.75, 3.05) is 0 Å². The molecule has 0 bridgehead atoms. The van der Waals surface area contributed by atoms with Crippen LogP contribution in [0.4, 0.5) is 0 Å². The van der Waals surface area contributed by atoms with Gasteiger partial charge in [0.05, 0.1) is 0 Å². The Balaban J connectivity index is 2.96. The van der Waals surface area contributed by atoms with Crippen LogP contribution in [0, 0.1) is 0 Å². The molecule has 0 fully saturated rings. The van der Waals surface area contributed by atoms with Gasteiger partial charge in [0.25, 0.3) is 0 Å². The molecule has 0 saturated carbocycles. The maximum absolute atomic E-state index is 10.7. The molecule has 1 rings (SSSR count). The van der Waals surface area contributed by atoms with E-state index in [9.17, 15) is 4.79 Å². The molecule has 0 atom stereocenters. The Kier molecular flexibility index (Phi) is 3.70. The highest BCUT2D eigenvalue weighted by atomic mass is 79.9. The molecule has 0 radical (unpaired) electrons. The molecule has 1 aromatic carbocycles. The van der Waals surface area contributed by atoms with Gasteiger partial charge in [0, 0.05) is 9.50 Å². The zero-order valence-electron chi connectivity index (χ0n) is 7.05. The van der Waals surface area contributed by atoms with Crippen LogP contribution >= 0.6 is 27.5 Å². The summed E-state index contributed by atoms with van der Waals surface area (Å²) in [6, 6.07) is 5.53. The van der Waals surface area contributed by atoms with E-state index in [2.05, 4.69) is 15.9 Å². The Morgan fingerprint density at radius 1 is 1.54 bits per heavy atom. The summed E-state index contributed by atoms with van der Waals surface area (Å²) in [5.41, 5.74) is 0.847. The predicted molar refractivity (Wildman–Crippen MR) is 58.9 cm³/mol. The monoisotopic (exact) mass is 258 g/mol. The van der Waals surface area contributed by atoms with E-state index in [-0.39, 0.29) is 5.78 Å². The Morgan fingerprint density at radius 2 is 2.23 bits per heavy atom. The molecule has 0 saturated heterocycles. The molecule has 0 amide bonds. The minimum absolute atomic E-state index is 0.0129. The van der Waals surface area contributed by atoms with Gasteiger partial charge in [-0.25, -0.2) is 0 Å². The Labute approximate surface area is 90.5 Å². The molecule has 13 heavy (non-hydrogen) atoms. The second-order valence-corrected chi connectivity index (χ2v) is 3.93. The van der Waals surface area contributed by atoms with Crippen LogP contribution in [0.5, 0.6) is 0 Å². The summed E-state index contributed by atoms with van der Waals surface area (Å²) in [7, 11) is 0. The number of carbonyl (C=O) groups excluding carboxylic acids is 1. The fraction of sp³-hybridized carbons (Fsp3) is 0.100. The van der Waals surface area contributed by atoms with Gasteiger partial charge < -0.3 is 0 Å². The zero-order valence-corrected chi connectivity index (χ0v) is 9.39. The van der Waals surface area contributed by atoms with Crippen LogP contribution in [0.1, 0.15) is 12.5 Å². The van der Waals surface area contributed by atoms with Crippen molar-refractivity contribution in [2.45, 2.75) is 6.92 Å². The van der Waals surface area contributed by atoms with Crippen molar-refractivity contribution in [1.29, 1.82) is 0 Å². The lowest BCUT2D eigenvalue weighted by Gasteiger charge is -1.97. The quantitative estimate of drug-likeness (QED) is 0.740. The number of benzene rings is 1. The van der Waals surface area contributed by atoms with E-state index in [4.69, 9.17) is 11.6 Å². The summed E-state index contributed by atoms with van der Waals surface area (Å²) in [5, 5.41) is 0.631. The smallest absolute Gasteiger partial charge is 0.152 e. The number of halogens is 2. The molecule has 0 heterocycles. The van der Waals surface area contributed by atoms with E-state index in [1.165, 1.54) is 13.0 Å². The number of carbonyl (C=O) groups is 1. The van der Waals surface area contributed by atoms with Crippen molar-refractivity contribution in [1.82, 2.24) is 0 Å². The lowest BCUT2D eigenvalue weighted by atomic mass is 10.2. The lowest BCUT2D eigenvalue weighted by molar-refractivity contribution is -0.112. The van der Waals surface area contributed by atoms with Crippen LogP contribution in [0.3, 0.4) is 0 Å². The maximum Gasteiger partial charge on any atom is 0.152 e. The standard InChI is InChI=1S/C10H8BrClO/c1-7(13)2-3-8-4-5-9(11)6-10(8)12/h2-6H,1H3/b3-2+. The summed E-state index contributed by atoms with van der Waals surface area (Å²) in [6.45, 7) is 1.50. The van der Waals surface area contributed by atoms with Gasteiger partial charge in [-0.3, -0.25) is 4.79 Å². The van der Waals surface area contributed by atoms with Gasteiger partial charge in [-0.15, -0.1) is 0 Å². The minimum Gasteiger partial charge on any atom is -0.295 e. The lowest BCUT2D eigenvalue weighted by Crippen LogP contribution is -1.81. The third-order valence-corrected chi connectivity index (χ3v) is 2.28. The van der Waals surface area contributed by atoms with E-state index in [0.29, 0.717) is 5.02 Å². The van der Waals surface area contributed by atoms with E-state index in [1.54, 1.807) is 12.1 Å². The SMILES string of the molecule is CC(=O)/C=C/c1ccc(Br)cc1Cl. The summed E-state index contributed by atoms with van der Waals surface area (Å²) in [4.78, 5) is 10.7. The third kappa shape index (κ3) is 3.33. The third-order valence-electron chi connectivity index (χ3n) is 1.46. The van der Waals surface area contributed by atoms with E-state index in [1.807, 2.05) is 12.1 Å². The first-order valence-corrected chi connectivity index (χ1v) is 4.90. The first kappa shape index (κ1) is 10.5. The summed E-state index contributed by atoms with van der Waals surface area (Å²) < 4.78 is 0.928. The normalized spacial score (nSPS) is 10.7. The second kappa shape index (κ2) is 4.58. The van der Waals surface area contributed by atoms with Crippen molar-refractivity contribution in [3.63, 3.8) is 0 Å². The molecule has 0 aliphatic rings. The van der Waals surface area contributed by atoms with Crippen LogP contribution in [-0.2, 0) is 4.79 Å². The highest BCUT2D eigenvalue weighted by molar-refractivity contribution is 9.10. The van der Waals surface area contributed by atoms with Crippen LogP contribution in [0.2, 0.25) is 5.02 Å². The molecule has 0 aliphatic carbocycles. The first-order chi connectivity index (χ1) is 6.09. The Hall–Kier alpha value is -0.600. The average molecular weight is 260 g/mol. The molecule has 0 aliphatic heterocycles. The number of hydrogen-bond acceptors (Lipinski definition) is 1. The molecular weight excluding hydrogens is 251 g/mol. The Morgan fingerprint density at radius 3 is 2.77 bits per heavy atom. The van der Waals surface area contributed by atoms with Gasteiger partial charge in [-0.2, -0.15) is 0 Å². The van der Waals surface area contributed by atoms with Crippen LogP contribution < -0.4 is 0 Å². The maximum atomic E-state index is 10.7. The number of ketones is 1. The molecular formula is C10H8BrClO. The van der Waals surface area contributed by atoms with Crippen LogP contribution in [0.15, 0.2) is 28.7 Å². The molecule has 0 aromatic heterocycles. The van der Waals surface area contributed by atoms with E-state index < -0.39 is 0 Å². The average Bonchev–Trinajstić information content (AvgIpc) is 2.02. The summed E-state index contributed by atoms with van der Waals surface area (Å²) in [6.07, 6.45) is 3.20. The highest BCUT2D eigenvalue weighted by Gasteiger charge is 1.96. The molecule has 0 N–H and O–H groups in total. The van der Waals surface area contributed by atoms with Gasteiger partial charge in [-0.05, 0) is 36.8 Å². The fourth-order valence-electron chi connectivity index (χ4n) is 0.844. The molecule has 3 heteroatoms. The number of rotatable bonds is 2. The summed E-state index contributed by atoms with van der Waals surface area (Å²) in [5.74, 6) is 0.0129. The molecule has 0 unspecified atom stereocenters. The van der Waals surface area contributed by atoms with Gasteiger partial charge in [0.1, 0.15) is 0 Å². The van der Waals surface area contributed by atoms with Crippen molar-refractivity contribution < 1.29 is 4.79 Å².